The average molecular weight is 523 g/mol. The van der Waals surface area contributed by atoms with Crippen molar-refractivity contribution in [3.8, 4) is 0 Å². The standard InChI is InChI=1S/C26H30F4N4O3/c1-32(2)23(35)17-3-9-20(10-4-17)31-21-15-34(16-21)22-11-13-33(14-12-22)24(36)25(37,26(28,29)30)18-5-7-19(27)8-6-18/h3-10,21-22,31,37H,11-16H2,1-2H3. The first-order valence-corrected chi connectivity index (χ1v) is 12.1. The van der Waals surface area contributed by atoms with Crippen LogP contribution in [0, 0.1) is 5.82 Å². The van der Waals surface area contributed by atoms with E-state index in [1.165, 1.54) is 4.90 Å². The molecule has 7 nitrogen and oxygen atoms in total. The van der Waals surface area contributed by atoms with E-state index in [2.05, 4.69) is 10.2 Å². The summed E-state index contributed by atoms with van der Waals surface area (Å²) >= 11 is 0. The maximum Gasteiger partial charge on any atom is 0.430 e. The maximum absolute atomic E-state index is 13.9. The molecule has 1 unspecified atom stereocenters. The number of alkyl halides is 3. The molecule has 2 aliphatic rings. The van der Waals surface area contributed by atoms with Crippen molar-refractivity contribution in [2.75, 3.05) is 45.6 Å². The summed E-state index contributed by atoms with van der Waals surface area (Å²) in [5.74, 6) is -2.28. The fourth-order valence-electron chi connectivity index (χ4n) is 4.87. The molecule has 2 aromatic carbocycles. The zero-order valence-corrected chi connectivity index (χ0v) is 20.6. The number of carbonyl (C=O) groups excluding carboxylic acids is 2. The molecule has 2 N–H and O–H groups in total. The molecule has 11 heteroatoms. The molecule has 2 heterocycles. The van der Waals surface area contributed by atoms with E-state index in [4.69, 9.17) is 0 Å². The molecule has 0 radical (unpaired) electrons. The second kappa shape index (κ2) is 10.3. The molecule has 2 amide bonds. The van der Waals surface area contributed by atoms with Crippen LogP contribution in [0.2, 0.25) is 0 Å². The molecule has 4 rings (SSSR count). The summed E-state index contributed by atoms with van der Waals surface area (Å²) in [5.41, 5.74) is -2.94. The zero-order chi connectivity index (χ0) is 27.0. The highest BCUT2D eigenvalue weighted by Crippen LogP contribution is 2.41. The number of nitrogens with zero attached hydrogens (tertiary/aromatic N) is 3. The number of hydrogen-bond acceptors (Lipinski definition) is 5. The molecule has 0 aromatic heterocycles. The number of piperidine rings is 1. The Labute approximate surface area is 212 Å². The van der Waals surface area contributed by atoms with Crippen LogP contribution in [0.1, 0.15) is 28.8 Å². The topological polar surface area (TPSA) is 76.1 Å². The number of nitrogens with one attached hydrogen (secondary N) is 1. The SMILES string of the molecule is CN(C)C(=O)c1ccc(NC2CN(C3CCN(C(=O)C(O)(c4ccc(F)cc4)C(F)(F)F)CC3)C2)cc1. The quantitative estimate of drug-likeness (QED) is 0.571. The van der Waals surface area contributed by atoms with Gasteiger partial charge < -0.3 is 20.2 Å². The molecule has 0 aliphatic carbocycles. The average Bonchev–Trinajstić information content (AvgIpc) is 2.85. The van der Waals surface area contributed by atoms with Crippen LogP contribution in [-0.4, -0.2) is 90.2 Å². The minimum atomic E-state index is -5.26. The second-order valence-corrected chi connectivity index (χ2v) is 9.81. The number of carbonyl (C=O) groups is 2. The van der Waals surface area contributed by atoms with Crippen LogP contribution in [0.5, 0.6) is 0 Å². The number of halogens is 4. The maximum atomic E-state index is 13.9. The summed E-state index contributed by atoms with van der Waals surface area (Å²) < 4.78 is 54.8. The molecule has 37 heavy (non-hydrogen) atoms. The predicted molar refractivity (Wildman–Crippen MR) is 129 cm³/mol. The molecule has 2 aromatic rings. The minimum Gasteiger partial charge on any atom is -0.380 e. The lowest BCUT2D eigenvalue weighted by atomic mass is 9.89. The first kappa shape index (κ1) is 26.9. The van der Waals surface area contributed by atoms with Crippen LogP contribution in [0.15, 0.2) is 48.5 Å². The van der Waals surface area contributed by atoms with E-state index in [1.807, 2.05) is 12.1 Å². The van der Waals surface area contributed by atoms with Gasteiger partial charge in [-0.25, -0.2) is 4.39 Å². The Hall–Kier alpha value is -3.18. The largest absolute Gasteiger partial charge is 0.430 e. The molecule has 0 bridgehead atoms. The zero-order valence-electron chi connectivity index (χ0n) is 20.6. The van der Waals surface area contributed by atoms with E-state index in [-0.39, 0.29) is 31.1 Å². The molecule has 1 atom stereocenters. The van der Waals surface area contributed by atoms with E-state index >= 15 is 0 Å². The number of amides is 2. The van der Waals surface area contributed by atoms with Gasteiger partial charge in [-0.15, -0.1) is 0 Å². The van der Waals surface area contributed by atoms with Crippen molar-refractivity contribution < 1.29 is 32.3 Å². The Balaban J connectivity index is 1.30. The van der Waals surface area contributed by atoms with Crippen molar-refractivity contribution in [1.82, 2.24) is 14.7 Å². The predicted octanol–water partition coefficient (Wildman–Crippen LogP) is 3.06. The molecule has 0 spiro atoms. The highest BCUT2D eigenvalue weighted by atomic mass is 19.4. The van der Waals surface area contributed by atoms with Gasteiger partial charge in [-0.2, -0.15) is 13.2 Å². The molecular formula is C26H30F4N4O3. The van der Waals surface area contributed by atoms with Gasteiger partial charge in [0.25, 0.3) is 17.4 Å². The van der Waals surface area contributed by atoms with Gasteiger partial charge in [0.2, 0.25) is 0 Å². The third-order valence-electron chi connectivity index (χ3n) is 7.07. The van der Waals surface area contributed by atoms with Crippen molar-refractivity contribution >= 4 is 17.5 Å². The number of rotatable bonds is 6. The van der Waals surface area contributed by atoms with E-state index in [0.717, 1.165) is 47.9 Å². The smallest absolute Gasteiger partial charge is 0.380 e. The summed E-state index contributed by atoms with van der Waals surface area (Å²) in [6.45, 7) is 1.66. The molecule has 2 saturated heterocycles. The highest BCUT2D eigenvalue weighted by molar-refractivity contribution is 5.94. The van der Waals surface area contributed by atoms with Gasteiger partial charge in [0, 0.05) is 63.1 Å². The van der Waals surface area contributed by atoms with E-state index < -0.39 is 29.1 Å². The van der Waals surface area contributed by atoms with Crippen LogP contribution < -0.4 is 5.32 Å². The molecule has 2 fully saturated rings. The van der Waals surface area contributed by atoms with Gasteiger partial charge >= 0.3 is 6.18 Å². The molecular weight excluding hydrogens is 492 g/mol. The minimum absolute atomic E-state index is 0.0717. The molecule has 200 valence electrons. The van der Waals surface area contributed by atoms with Crippen molar-refractivity contribution in [3.05, 3.63) is 65.5 Å². The molecule has 0 saturated carbocycles. The normalized spacial score (nSPS) is 19.2. The fourth-order valence-corrected chi connectivity index (χ4v) is 4.87. The second-order valence-electron chi connectivity index (χ2n) is 9.81. The van der Waals surface area contributed by atoms with E-state index in [1.54, 1.807) is 26.2 Å². The van der Waals surface area contributed by atoms with Gasteiger partial charge in [-0.05, 0) is 49.2 Å². The first-order chi connectivity index (χ1) is 17.4. The Morgan fingerprint density at radius 3 is 2.05 bits per heavy atom. The Bertz CT molecular complexity index is 1110. The van der Waals surface area contributed by atoms with Crippen LogP contribution in [0.25, 0.3) is 0 Å². The van der Waals surface area contributed by atoms with Crippen molar-refractivity contribution in [2.24, 2.45) is 0 Å². The third-order valence-corrected chi connectivity index (χ3v) is 7.07. The summed E-state index contributed by atoms with van der Waals surface area (Å²) in [5, 5.41) is 13.9. The number of benzene rings is 2. The highest BCUT2D eigenvalue weighted by Gasteiger charge is 2.62. The first-order valence-electron chi connectivity index (χ1n) is 12.1. The van der Waals surface area contributed by atoms with Gasteiger partial charge in [-0.1, -0.05) is 12.1 Å². The Kier molecular flexibility index (Phi) is 7.48. The number of aliphatic hydroxyl groups is 1. The molecule has 2 aliphatic heterocycles. The third kappa shape index (κ3) is 5.42. The number of likely N-dealkylation sites (tertiary alicyclic amines) is 2. The van der Waals surface area contributed by atoms with E-state index in [0.29, 0.717) is 18.4 Å². The summed E-state index contributed by atoms with van der Waals surface area (Å²) in [4.78, 5) is 29.7. The summed E-state index contributed by atoms with van der Waals surface area (Å²) in [7, 11) is 3.39. The van der Waals surface area contributed by atoms with Gasteiger partial charge in [0.1, 0.15) is 5.82 Å². The van der Waals surface area contributed by atoms with Crippen LogP contribution in [0.4, 0.5) is 23.2 Å². The fraction of sp³-hybridized carbons (Fsp3) is 0.462. The van der Waals surface area contributed by atoms with Gasteiger partial charge in [0.05, 0.1) is 6.04 Å². The lowest BCUT2D eigenvalue weighted by molar-refractivity contribution is -0.262. The van der Waals surface area contributed by atoms with Gasteiger partial charge in [-0.3, -0.25) is 14.5 Å². The number of anilines is 1. The van der Waals surface area contributed by atoms with Crippen LogP contribution in [-0.2, 0) is 10.4 Å². The summed E-state index contributed by atoms with van der Waals surface area (Å²) in [6, 6.07) is 10.7. The number of hydrogen-bond donors (Lipinski definition) is 2. The Morgan fingerprint density at radius 1 is 0.973 bits per heavy atom. The van der Waals surface area contributed by atoms with Crippen molar-refractivity contribution in [1.29, 1.82) is 0 Å². The van der Waals surface area contributed by atoms with Gasteiger partial charge in [0.15, 0.2) is 0 Å². The van der Waals surface area contributed by atoms with Crippen LogP contribution >= 0.6 is 0 Å². The monoisotopic (exact) mass is 522 g/mol. The lowest BCUT2D eigenvalue weighted by Gasteiger charge is -2.48. The van der Waals surface area contributed by atoms with Crippen LogP contribution in [0.3, 0.4) is 0 Å². The Morgan fingerprint density at radius 2 is 1.54 bits per heavy atom. The van der Waals surface area contributed by atoms with E-state index in [9.17, 15) is 32.3 Å². The van der Waals surface area contributed by atoms with Crippen molar-refractivity contribution in [3.63, 3.8) is 0 Å². The van der Waals surface area contributed by atoms with Crippen molar-refractivity contribution in [2.45, 2.75) is 36.7 Å². The summed E-state index contributed by atoms with van der Waals surface area (Å²) in [6.07, 6.45) is -4.29. The lowest BCUT2D eigenvalue weighted by Crippen LogP contribution is -2.62.